The molecule has 0 radical (unpaired) electrons. The van der Waals surface area contributed by atoms with Gasteiger partial charge in [-0.25, -0.2) is 0 Å². The number of rotatable bonds is 2. The molecule has 3 N–H and O–H groups in total. The minimum Gasteiger partial charge on any atom is -0.392 e. The van der Waals surface area contributed by atoms with E-state index in [1.807, 2.05) is 24.3 Å². The van der Waals surface area contributed by atoms with Gasteiger partial charge in [0.2, 0.25) is 0 Å². The van der Waals surface area contributed by atoms with E-state index in [1.165, 1.54) is 0 Å². The van der Waals surface area contributed by atoms with Crippen molar-refractivity contribution in [2.75, 3.05) is 0 Å². The summed E-state index contributed by atoms with van der Waals surface area (Å²) in [6, 6.07) is 10.0. The Kier molecular flexibility index (Phi) is 2.24. The number of fused-ring (bicyclic) bond motifs is 2. The molecule has 0 fully saturated rings. The summed E-state index contributed by atoms with van der Waals surface area (Å²) < 4.78 is 1.16. The van der Waals surface area contributed by atoms with Crippen LogP contribution in [0.15, 0.2) is 35.7 Å². The summed E-state index contributed by atoms with van der Waals surface area (Å²) in [4.78, 5) is 3.37. The van der Waals surface area contributed by atoms with Crippen molar-refractivity contribution in [1.29, 1.82) is 0 Å². The summed E-state index contributed by atoms with van der Waals surface area (Å²) >= 11 is 1.68. The highest BCUT2D eigenvalue weighted by Gasteiger charge is 2.11. The van der Waals surface area contributed by atoms with E-state index >= 15 is 0 Å². The zero-order valence-electron chi connectivity index (χ0n) is 9.97. The van der Waals surface area contributed by atoms with Gasteiger partial charge in [-0.05, 0) is 29.1 Å². The maximum Gasteiger partial charge on any atom is 0.126 e. The van der Waals surface area contributed by atoms with Crippen molar-refractivity contribution >= 4 is 32.5 Å². The Hall–Kier alpha value is -2.11. The standard InChI is InChI=1S/C14H11N3OS/c18-7-8-1-2-9-6-12(15-11(9)5-8)13-14-10(16-17-13)3-4-19-14/h1-6,15,18H,7H2,(H,16,17). The molecule has 0 saturated carbocycles. The zero-order valence-corrected chi connectivity index (χ0v) is 10.8. The Balaban J connectivity index is 1.93. The van der Waals surface area contributed by atoms with Crippen molar-refractivity contribution in [2.45, 2.75) is 6.61 Å². The Morgan fingerprint density at radius 2 is 2.11 bits per heavy atom. The lowest BCUT2D eigenvalue weighted by Crippen LogP contribution is -1.81. The molecule has 0 amide bonds. The first-order valence-electron chi connectivity index (χ1n) is 5.99. The number of benzene rings is 1. The van der Waals surface area contributed by atoms with Gasteiger partial charge in [0, 0.05) is 10.9 Å². The second-order valence-electron chi connectivity index (χ2n) is 4.50. The fourth-order valence-electron chi connectivity index (χ4n) is 2.33. The lowest BCUT2D eigenvalue weighted by molar-refractivity contribution is 0.282. The Labute approximate surface area is 112 Å². The third-order valence-electron chi connectivity index (χ3n) is 3.29. The van der Waals surface area contributed by atoms with E-state index in [9.17, 15) is 5.11 Å². The molecule has 3 heterocycles. The first-order chi connectivity index (χ1) is 9.35. The molecule has 4 nitrogen and oxygen atoms in total. The molecular weight excluding hydrogens is 258 g/mol. The Morgan fingerprint density at radius 3 is 3.00 bits per heavy atom. The Bertz CT molecular complexity index is 871. The van der Waals surface area contributed by atoms with Gasteiger partial charge in [-0.15, -0.1) is 11.3 Å². The Morgan fingerprint density at radius 1 is 1.16 bits per heavy atom. The number of aromatic amines is 2. The van der Waals surface area contributed by atoms with E-state index < -0.39 is 0 Å². The molecule has 0 aliphatic rings. The van der Waals surface area contributed by atoms with E-state index in [1.54, 1.807) is 11.3 Å². The third kappa shape index (κ3) is 1.59. The van der Waals surface area contributed by atoms with Crippen LogP contribution in [0.4, 0.5) is 0 Å². The number of hydrogen-bond donors (Lipinski definition) is 3. The van der Waals surface area contributed by atoms with Crippen LogP contribution in [-0.4, -0.2) is 20.3 Å². The van der Waals surface area contributed by atoms with Crippen molar-refractivity contribution in [1.82, 2.24) is 15.2 Å². The van der Waals surface area contributed by atoms with Crippen LogP contribution in [0.2, 0.25) is 0 Å². The summed E-state index contributed by atoms with van der Waals surface area (Å²) in [6.45, 7) is 0.0574. The van der Waals surface area contributed by atoms with Crippen LogP contribution >= 0.6 is 11.3 Å². The number of aliphatic hydroxyl groups excluding tert-OH is 1. The van der Waals surface area contributed by atoms with Crippen molar-refractivity contribution in [3.05, 3.63) is 41.3 Å². The van der Waals surface area contributed by atoms with E-state index in [-0.39, 0.29) is 6.61 Å². The molecule has 0 spiro atoms. The fraction of sp³-hybridized carbons (Fsp3) is 0.0714. The SMILES string of the molecule is OCc1ccc2cc(-c3n[nH]c4ccsc34)[nH]c2c1. The molecule has 0 atom stereocenters. The maximum absolute atomic E-state index is 9.17. The monoisotopic (exact) mass is 269 g/mol. The van der Waals surface area contributed by atoms with Gasteiger partial charge in [0.15, 0.2) is 0 Å². The molecule has 4 aromatic rings. The molecule has 0 bridgehead atoms. The van der Waals surface area contributed by atoms with Crippen LogP contribution < -0.4 is 0 Å². The average molecular weight is 269 g/mol. The van der Waals surface area contributed by atoms with Crippen LogP contribution in [-0.2, 0) is 6.61 Å². The first kappa shape index (κ1) is 10.8. The molecule has 0 aliphatic heterocycles. The van der Waals surface area contributed by atoms with Crippen molar-refractivity contribution in [2.24, 2.45) is 0 Å². The molecule has 5 heteroatoms. The summed E-state index contributed by atoms with van der Waals surface area (Å²) in [5.74, 6) is 0. The number of hydrogen-bond acceptors (Lipinski definition) is 3. The molecule has 4 rings (SSSR count). The van der Waals surface area contributed by atoms with Crippen molar-refractivity contribution < 1.29 is 5.11 Å². The minimum atomic E-state index is 0.0574. The lowest BCUT2D eigenvalue weighted by atomic mass is 10.2. The predicted octanol–water partition coefficient (Wildman–Crippen LogP) is 3.27. The number of aromatic nitrogens is 3. The van der Waals surface area contributed by atoms with Crippen LogP contribution in [0, 0.1) is 0 Å². The highest BCUT2D eigenvalue weighted by Crippen LogP contribution is 2.31. The molecule has 1 aromatic carbocycles. The normalized spacial score (nSPS) is 11.6. The van der Waals surface area contributed by atoms with Gasteiger partial charge < -0.3 is 10.1 Å². The fourth-order valence-corrected chi connectivity index (χ4v) is 3.18. The van der Waals surface area contributed by atoms with Crippen molar-refractivity contribution in [3.8, 4) is 11.4 Å². The number of thiophene rings is 1. The van der Waals surface area contributed by atoms with Crippen LogP contribution in [0.5, 0.6) is 0 Å². The van der Waals surface area contributed by atoms with Crippen LogP contribution in [0.1, 0.15) is 5.56 Å². The molecule has 19 heavy (non-hydrogen) atoms. The van der Waals surface area contributed by atoms with Crippen molar-refractivity contribution in [3.63, 3.8) is 0 Å². The summed E-state index contributed by atoms with van der Waals surface area (Å²) in [7, 11) is 0. The number of aliphatic hydroxyl groups is 1. The van der Waals surface area contributed by atoms with E-state index in [0.717, 1.165) is 38.1 Å². The van der Waals surface area contributed by atoms with Gasteiger partial charge in [0.05, 0.1) is 22.5 Å². The summed E-state index contributed by atoms with van der Waals surface area (Å²) in [5.41, 5.74) is 4.94. The highest BCUT2D eigenvalue weighted by molar-refractivity contribution is 7.17. The third-order valence-corrected chi connectivity index (χ3v) is 4.21. The van der Waals surface area contributed by atoms with Gasteiger partial charge >= 0.3 is 0 Å². The first-order valence-corrected chi connectivity index (χ1v) is 6.87. The van der Waals surface area contributed by atoms with Gasteiger partial charge in [-0.3, -0.25) is 5.10 Å². The van der Waals surface area contributed by atoms with E-state index in [2.05, 4.69) is 26.6 Å². The van der Waals surface area contributed by atoms with Gasteiger partial charge in [0.1, 0.15) is 5.69 Å². The van der Waals surface area contributed by atoms with Gasteiger partial charge in [-0.1, -0.05) is 12.1 Å². The molecule has 0 saturated heterocycles. The predicted molar refractivity (Wildman–Crippen MR) is 77.2 cm³/mol. The van der Waals surface area contributed by atoms with Crippen LogP contribution in [0.25, 0.3) is 32.5 Å². The number of nitrogens with one attached hydrogen (secondary N) is 2. The maximum atomic E-state index is 9.17. The minimum absolute atomic E-state index is 0.0574. The quantitative estimate of drug-likeness (QED) is 0.523. The smallest absolute Gasteiger partial charge is 0.126 e. The molecule has 0 aliphatic carbocycles. The molecule has 0 unspecified atom stereocenters. The second-order valence-corrected chi connectivity index (χ2v) is 5.41. The van der Waals surface area contributed by atoms with Crippen LogP contribution in [0.3, 0.4) is 0 Å². The second kappa shape index (κ2) is 3.94. The molecular formula is C14H11N3OS. The van der Waals surface area contributed by atoms with Gasteiger partial charge in [-0.2, -0.15) is 5.10 Å². The molecule has 3 aromatic heterocycles. The van der Waals surface area contributed by atoms with E-state index in [0.29, 0.717) is 0 Å². The largest absolute Gasteiger partial charge is 0.392 e. The lowest BCUT2D eigenvalue weighted by Gasteiger charge is -1.94. The average Bonchev–Trinajstić information content (AvgIpc) is 3.11. The molecule has 94 valence electrons. The summed E-state index contributed by atoms with van der Waals surface area (Å²) in [5, 5.41) is 19.8. The number of H-pyrrole nitrogens is 2. The number of nitrogens with zero attached hydrogens (tertiary/aromatic N) is 1. The highest BCUT2D eigenvalue weighted by atomic mass is 32.1. The van der Waals surface area contributed by atoms with Gasteiger partial charge in [0.25, 0.3) is 0 Å². The topological polar surface area (TPSA) is 64.7 Å². The summed E-state index contributed by atoms with van der Waals surface area (Å²) in [6.07, 6.45) is 0. The zero-order chi connectivity index (χ0) is 12.8. The van der Waals surface area contributed by atoms with E-state index in [4.69, 9.17) is 0 Å².